The standard InChI is InChI=1S/C14H13N3OS.C9H10O2/c1-16-13(18)12-6-9-8-4-2-3-5-10(8)15-11(9)7-17(12)14(16)19;1-3-5-6-9-8(4-2)10-7-11-9/h2-5,12,15H,6-7H2,1H3;4,6H,7H2,1-2H3/b;8-4+,9-6+/t12-;/m0./s1. The number of fused-ring (bicyclic) bond motifs is 4. The van der Waals surface area contributed by atoms with E-state index in [0.29, 0.717) is 18.5 Å². The van der Waals surface area contributed by atoms with Gasteiger partial charge in [-0.15, -0.1) is 5.92 Å². The molecule has 4 heterocycles. The van der Waals surface area contributed by atoms with Crippen molar-refractivity contribution >= 4 is 34.1 Å². The van der Waals surface area contributed by atoms with Crippen LogP contribution in [0.25, 0.3) is 10.9 Å². The lowest BCUT2D eigenvalue weighted by Gasteiger charge is -2.28. The van der Waals surface area contributed by atoms with Crippen molar-refractivity contribution in [3.63, 3.8) is 0 Å². The highest BCUT2D eigenvalue weighted by Crippen LogP contribution is 2.33. The van der Waals surface area contributed by atoms with Crippen LogP contribution in [0.3, 0.4) is 0 Å². The summed E-state index contributed by atoms with van der Waals surface area (Å²) in [5.74, 6) is 7.15. The van der Waals surface area contributed by atoms with Gasteiger partial charge in [-0.05, 0) is 43.8 Å². The number of para-hydroxylation sites is 1. The predicted molar refractivity (Wildman–Crippen MR) is 119 cm³/mol. The maximum Gasteiger partial charge on any atom is 0.251 e. The fraction of sp³-hybridized carbons (Fsp3) is 0.304. The van der Waals surface area contributed by atoms with Crippen LogP contribution in [-0.2, 0) is 27.2 Å². The first kappa shape index (κ1) is 20.0. The van der Waals surface area contributed by atoms with Gasteiger partial charge < -0.3 is 19.4 Å². The van der Waals surface area contributed by atoms with Crippen LogP contribution in [0.2, 0.25) is 0 Å². The molecule has 3 aliphatic heterocycles. The average Bonchev–Trinajstić information content (AvgIpc) is 3.43. The minimum Gasteiger partial charge on any atom is -0.454 e. The van der Waals surface area contributed by atoms with Gasteiger partial charge in [0.05, 0.1) is 6.54 Å². The topological polar surface area (TPSA) is 57.8 Å². The van der Waals surface area contributed by atoms with Gasteiger partial charge in [-0.1, -0.05) is 24.1 Å². The Hall–Kier alpha value is -3.24. The van der Waals surface area contributed by atoms with Gasteiger partial charge in [-0.2, -0.15) is 0 Å². The quantitative estimate of drug-likeness (QED) is 0.522. The minimum atomic E-state index is -0.121. The summed E-state index contributed by atoms with van der Waals surface area (Å²) in [6.07, 6.45) is 4.31. The molecule has 2 aromatic rings. The summed E-state index contributed by atoms with van der Waals surface area (Å²) in [6.45, 7) is 4.68. The summed E-state index contributed by atoms with van der Waals surface area (Å²) in [7, 11) is 1.76. The monoisotopic (exact) mass is 421 g/mol. The molecule has 0 bridgehead atoms. The number of carbonyl (C=O) groups excluding carboxylic acids is 1. The number of likely N-dealkylation sites (N-methyl/N-ethyl adjacent to an activating group) is 1. The zero-order valence-corrected chi connectivity index (χ0v) is 18.0. The Labute approximate surface area is 181 Å². The molecule has 3 aliphatic rings. The number of nitrogens with zero attached hydrogens (tertiary/aromatic N) is 2. The second-order valence-electron chi connectivity index (χ2n) is 7.12. The molecule has 30 heavy (non-hydrogen) atoms. The summed E-state index contributed by atoms with van der Waals surface area (Å²) in [4.78, 5) is 19.3. The van der Waals surface area contributed by atoms with Crippen molar-refractivity contribution in [2.75, 3.05) is 13.8 Å². The van der Waals surface area contributed by atoms with Gasteiger partial charge >= 0.3 is 0 Å². The first-order chi connectivity index (χ1) is 14.5. The van der Waals surface area contributed by atoms with E-state index in [1.54, 1.807) is 24.9 Å². The molecule has 1 atom stereocenters. The molecule has 154 valence electrons. The number of rotatable bonds is 0. The van der Waals surface area contributed by atoms with Crippen LogP contribution in [-0.4, -0.2) is 45.7 Å². The number of hydrogen-bond acceptors (Lipinski definition) is 4. The van der Waals surface area contributed by atoms with Crippen molar-refractivity contribution in [1.82, 2.24) is 14.8 Å². The van der Waals surface area contributed by atoms with Crippen molar-refractivity contribution in [1.29, 1.82) is 0 Å². The van der Waals surface area contributed by atoms with Gasteiger partial charge in [-0.25, -0.2) is 0 Å². The molecule has 2 fully saturated rings. The lowest BCUT2D eigenvalue weighted by Crippen LogP contribution is -2.39. The van der Waals surface area contributed by atoms with E-state index in [1.807, 2.05) is 30.0 Å². The van der Waals surface area contributed by atoms with Crippen LogP contribution < -0.4 is 0 Å². The molecular weight excluding hydrogens is 398 g/mol. The van der Waals surface area contributed by atoms with Crippen molar-refractivity contribution in [3.8, 4) is 11.8 Å². The Kier molecular flexibility index (Phi) is 5.51. The molecule has 1 amide bonds. The number of aromatic amines is 1. The van der Waals surface area contributed by atoms with Crippen LogP contribution in [0.1, 0.15) is 25.1 Å². The number of benzene rings is 1. The molecule has 1 N–H and O–H groups in total. The molecule has 0 aliphatic carbocycles. The molecule has 1 aromatic carbocycles. The summed E-state index contributed by atoms with van der Waals surface area (Å²) >= 11 is 5.34. The van der Waals surface area contributed by atoms with Gasteiger partial charge in [0.1, 0.15) is 6.04 Å². The first-order valence-electron chi connectivity index (χ1n) is 9.76. The lowest BCUT2D eigenvalue weighted by atomic mass is 9.97. The molecule has 5 rings (SSSR count). The molecule has 2 saturated heterocycles. The maximum atomic E-state index is 12.2. The van der Waals surface area contributed by atoms with Gasteiger partial charge in [0.25, 0.3) is 5.91 Å². The number of amides is 1. The average molecular weight is 422 g/mol. The number of H-pyrrole nitrogens is 1. The normalized spacial score (nSPS) is 22.2. The maximum absolute atomic E-state index is 12.2. The SMILES string of the molecule is CC#C/C=C1/OCO/C1=C/C.CN1C(=O)[C@@H]2Cc3c([nH]c4ccccc34)CN2C1=S. The Bertz CT molecular complexity index is 1140. The number of nitrogens with one attached hydrogen (secondary N) is 1. The van der Waals surface area contributed by atoms with E-state index in [0.717, 1.165) is 23.5 Å². The summed E-state index contributed by atoms with van der Waals surface area (Å²) in [6, 6.07) is 8.13. The Morgan fingerprint density at radius 3 is 2.80 bits per heavy atom. The number of thiocarbonyl (C=S) groups is 1. The molecule has 0 saturated carbocycles. The van der Waals surface area contributed by atoms with Gasteiger partial charge in [0.2, 0.25) is 6.79 Å². The Morgan fingerprint density at radius 2 is 2.03 bits per heavy atom. The molecule has 7 heteroatoms. The highest BCUT2D eigenvalue weighted by Gasteiger charge is 2.43. The van der Waals surface area contributed by atoms with Crippen LogP contribution in [0.4, 0.5) is 0 Å². The van der Waals surface area contributed by atoms with E-state index in [2.05, 4.69) is 29.0 Å². The molecule has 0 radical (unpaired) electrons. The van der Waals surface area contributed by atoms with E-state index in [4.69, 9.17) is 21.7 Å². The van der Waals surface area contributed by atoms with E-state index < -0.39 is 0 Å². The van der Waals surface area contributed by atoms with Crippen molar-refractivity contribution < 1.29 is 14.3 Å². The number of hydrogen-bond donors (Lipinski definition) is 1. The third-order valence-electron chi connectivity index (χ3n) is 5.43. The fourth-order valence-corrected chi connectivity index (χ4v) is 4.20. The van der Waals surface area contributed by atoms with Crippen molar-refractivity contribution in [2.45, 2.75) is 32.9 Å². The summed E-state index contributed by atoms with van der Waals surface area (Å²) in [5.41, 5.74) is 3.59. The number of ether oxygens (including phenoxy) is 2. The van der Waals surface area contributed by atoms with E-state index in [9.17, 15) is 4.79 Å². The van der Waals surface area contributed by atoms with E-state index >= 15 is 0 Å². The van der Waals surface area contributed by atoms with Gasteiger partial charge in [-0.3, -0.25) is 9.69 Å². The Balaban J connectivity index is 0.000000170. The second kappa shape index (κ2) is 8.25. The third kappa shape index (κ3) is 3.44. The smallest absolute Gasteiger partial charge is 0.251 e. The molecule has 6 nitrogen and oxygen atoms in total. The molecule has 0 unspecified atom stereocenters. The van der Waals surface area contributed by atoms with Crippen LogP contribution in [0.5, 0.6) is 0 Å². The zero-order chi connectivity index (χ0) is 21.3. The Morgan fingerprint density at radius 1 is 1.27 bits per heavy atom. The number of aromatic nitrogens is 1. The second-order valence-corrected chi connectivity index (χ2v) is 7.48. The number of carbonyl (C=O) groups is 1. The van der Waals surface area contributed by atoms with Crippen LogP contribution in [0, 0.1) is 11.8 Å². The molecule has 0 spiro atoms. The van der Waals surface area contributed by atoms with Gasteiger partial charge in [0, 0.05) is 36.1 Å². The summed E-state index contributed by atoms with van der Waals surface area (Å²) < 4.78 is 10.2. The van der Waals surface area contributed by atoms with Crippen LogP contribution >= 0.6 is 12.2 Å². The largest absolute Gasteiger partial charge is 0.454 e. The molecule has 1 aromatic heterocycles. The zero-order valence-electron chi connectivity index (χ0n) is 17.2. The van der Waals surface area contributed by atoms with Crippen molar-refractivity contribution in [3.05, 3.63) is 59.2 Å². The highest BCUT2D eigenvalue weighted by molar-refractivity contribution is 7.80. The van der Waals surface area contributed by atoms with Gasteiger partial charge in [0.15, 0.2) is 16.6 Å². The number of allylic oxidation sites excluding steroid dienone is 2. The van der Waals surface area contributed by atoms with Crippen LogP contribution in [0.15, 0.2) is 47.9 Å². The summed E-state index contributed by atoms with van der Waals surface area (Å²) in [5, 5.41) is 1.87. The lowest BCUT2D eigenvalue weighted by molar-refractivity contribution is -0.127. The fourth-order valence-electron chi connectivity index (χ4n) is 3.91. The van der Waals surface area contributed by atoms with Crippen molar-refractivity contribution in [2.24, 2.45) is 0 Å². The minimum absolute atomic E-state index is 0.112. The molecular formula is C23H23N3O3S. The van der Waals surface area contributed by atoms with E-state index in [1.165, 1.54) is 16.6 Å². The first-order valence-corrected chi connectivity index (χ1v) is 10.2. The highest BCUT2D eigenvalue weighted by atomic mass is 32.1. The third-order valence-corrected chi connectivity index (χ3v) is 5.94. The predicted octanol–water partition coefficient (Wildman–Crippen LogP) is 3.45. The van der Waals surface area contributed by atoms with E-state index in [-0.39, 0.29) is 11.9 Å².